The maximum Gasteiger partial charge on any atom is 0.224 e. The number of hydrogen-bond acceptors (Lipinski definition) is 6. The van der Waals surface area contributed by atoms with Crippen molar-refractivity contribution < 1.29 is 4.74 Å². The van der Waals surface area contributed by atoms with Gasteiger partial charge < -0.3 is 10.5 Å². The first-order valence-electron chi connectivity index (χ1n) is 10.0. The third-order valence-corrected chi connectivity index (χ3v) is 5.58. The van der Waals surface area contributed by atoms with E-state index in [1.165, 1.54) is 6.33 Å². The molecule has 0 spiro atoms. The molecule has 1 aliphatic heterocycles. The zero-order chi connectivity index (χ0) is 21.0. The van der Waals surface area contributed by atoms with Gasteiger partial charge in [0, 0.05) is 5.41 Å². The Labute approximate surface area is 174 Å². The van der Waals surface area contributed by atoms with E-state index in [-0.39, 0.29) is 17.2 Å². The summed E-state index contributed by atoms with van der Waals surface area (Å²) in [4.78, 5) is 4.00. The second-order valence-electron chi connectivity index (χ2n) is 8.85. The molecule has 2 aliphatic rings. The zero-order valence-corrected chi connectivity index (χ0v) is 17.2. The molecule has 3 aromatic rings. The number of allylic oxidation sites excluding steroid dienone is 1. The lowest BCUT2D eigenvalue weighted by molar-refractivity contribution is 0.347. The van der Waals surface area contributed by atoms with Crippen LogP contribution in [0.3, 0.4) is 0 Å². The number of fused-ring (bicyclic) bond motifs is 1. The fourth-order valence-electron chi connectivity index (χ4n) is 3.97. The Hall–Kier alpha value is -3.60. The third kappa shape index (κ3) is 2.86. The molecule has 0 radical (unpaired) electrons. The van der Waals surface area contributed by atoms with Crippen molar-refractivity contribution >= 4 is 0 Å². The van der Waals surface area contributed by atoms with Crippen molar-refractivity contribution in [1.29, 1.82) is 5.26 Å². The van der Waals surface area contributed by atoms with Gasteiger partial charge in [0.2, 0.25) is 11.8 Å². The highest BCUT2D eigenvalue weighted by Gasteiger charge is 2.42. The van der Waals surface area contributed by atoms with Gasteiger partial charge in [0.25, 0.3) is 0 Å². The molecule has 30 heavy (non-hydrogen) atoms. The van der Waals surface area contributed by atoms with Crippen LogP contribution in [0.25, 0.3) is 5.69 Å². The zero-order valence-electron chi connectivity index (χ0n) is 17.2. The van der Waals surface area contributed by atoms with Gasteiger partial charge in [-0.05, 0) is 30.5 Å². The Morgan fingerprint density at radius 3 is 2.50 bits per heavy atom. The second-order valence-corrected chi connectivity index (χ2v) is 8.85. The summed E-state index contributed by atoms with van der Waals surface area (Å²) in [6.45, 7) is 6.39. The van der Waals surface area contributed by atoms with E-state index in [9.17, 15) is 5.26 Å². The molecular weight excluding hydrogens is 378 g/mol. The molecule has 2 aromatic heterocycles. The molecule has 1 saturated carbocycles. The molecule has 152 valence electrons. The van der Waals surface area contributed by atoms with Crippen LogP contribution >= 0.6 is 0 Å². The van der Waals surface area contributed by atoms with Crippen molar-refractivity contribution in [2.45, 2.75) is 51.0 Å². The van der Waals surface area contributed by atoms with E-state index in [1.807, 2.05) is 28.9 Å². The van der Waals surface area contributed by atoms with E-state index < -0.39 is 0 Å². The molecule has 1 unspecified atom stereocenters. The molecule has 1 atom stereocenters. The lowest BCUT2D eigenvalue weighted by atomic mass is 9.79. The van der Waals surface area contributed by atoms with E-state index in [0.29, 0.717) is 17.5 Å². The Bertz CT molecular complexity index is 1170. The highest BCUT2D eigenvalue weighted by atomic mass is 16.5. The lowest BCUT2D eigenvalue weighted by Gasteiger charge is -2.27. The number of rotatable bonds is 3. The van der Waals surface area contributed by atoms with E-state index >= 15 is 0 Å². The summed E-state index contributed by atoms with van der Waals surface area (Å²) >= 11 is 0. The van der Waals surface area contributed by atoms with Crippen LogP contribution < -0.4 is 10.5 Å². The summed E-state index contributed by atoms with van der Waals surface area (Å²) in [6, 6.07) is 10.6. The quantitative estimate of drug-likeness (QED) is 0.721. The van der Waals surface area contributed by atoms with Crippen LogP contribution in [0.15, 0.2) is 48.4 Å². The van der Waals surface area contributed by atoms with Crippen molar-refractivity contribution in [3.63, 3.8) is 0 Å². The minimum atomic E-state index is -0.328. The molecule has 3 heterocycles. The summed E-state index contributed by atoms with van der Waals surface area (Å²) in [5, 5.41) is 19.0. The predicted molar refractivity (Wildman–Crippen MR) is 110 cm³/mol. The highest BCUT2D eigenvalue weighted by molar-refractivity contribution is 5.57. The van der Waals surface area contributed by atoms with E-state index in [0.717, 1.165) is 35.3 Å². The summed E-state index contributed by atoms with van der Waals surface area (Å²) in [5.41, 5.74) is 10.2. The second kappa shape index (κ2) is 6.46. The Balaban J connectivity index is 1.69. The minimum Gasteiger partial charge on any atom is -0.422 e. The average Bonchev–Trinajstić information content (AvgIpc) is 3.25. The molecule has 0 bridgehead atoms. The molecule has 1 aliphatic carbocycles. The Morgan fingerprint density at radius 1 is 1.20 bits per heavy atom. The average molecular weight is 401 g/mol. The van der Waals surface area contributed by atoms with Crippen LogP contribution in [0.5, 0.6) is 5.88 Å². The van der Waals surface area contributed by atoms with Crippen molar-refractivity contribution in [3.05, 3.63) is 65.2 Å². The number of nitrogens with two attached hydrogens (primary N) is 1. The van der Waals surface area contributed by atoms with Gasteiger partial charge in [0.1, 0.15) is 24.3 Å². The number of hydrogen-bond donors (Lipinski definition) is 1. The molecular formula is C22H23N7O. The van der Waals surface area contributed by atoms with Gasteiger partial charge in [-0.1, -0.05) is 32.9 Å². The van der Waals surface area contributed by atoms with Crippen LogP contribution in [0, 0.1) is 11.3 Å². The van der Waals surface area contributed by atoms with Crippen LogP contribution in [-0.2, 0) is 5.41 Å². The van der Waals surface area contributed by atoms with Crippen LogP contribution in [-0.4, -0.2) is 24.5 Å². The van der Waals surface area contributed by atoms with Gasteiger partial charge in [0.15, 0.2) is 0 Å². The fraction of sp³-hybridized carbons (Fsp3) is 0.364. The molecule has 5 rings (SSSR count). The molecule has 1 aromatic carbocycles. The van der Waals surface area contributed by atoms with Crippen molar-refractivity contribution in [2.75, 3.05) is 0 Å². The van der Waals surface area contributed by atoms with Crippen LogP contribution in [0.2, 0.25) is 0 Å². The number of benzene rings is 1. The summed E-state index contributed by atoms with van der Waals surface area (Å²) in [5.74, 6) is 0.493. The maximum atomic E-state index is 9.93. The topological polar surface area (TPSA) is 108 Å². The number of nitrogens with zero attached hydrogens (tertiary/aromatic N) is 6. The first-order chi connectivity index (χ1) is 14.4. The standard InChI is InChI=1S/C22H23N7O/c1-22(2,3)19-18-17(13-4-6-14(7-5-13)28-12-25-11-26-28)16(10-23)20(24)30-21(18)29(27-19)15-8-9-15/h4-7,11-12,15,17H,8-9,24H2,1-3H3. The van der Waals surface area contributed by atoms with Crippen LogP contribution in [0.4, 0.5) is 0 Å². The highest BCUT2D eigenvalue weighted by Crippen LogP contribution is 2.50. The largest absolute Gasteiger partial charge is 0.422 e. The summed E-state index contributed by atoms with van der Waals surface area (Å²) in [7, 11) is 0. The third-order valence-electron chi connectivity index (χ3n) is 5.58. The first-order valence-corrected chi connectivity index (χ1v) is 10.0. The van der Waals surface area contributed by atoms with E-state index in [1.54, 1.807) is 11.0 Å². The molecule has 1 fully saturated rings. The summed E-state index contributed by atoms with van der Waals surface area (Å²) in [6.07, 6.45) is 5.30. The smallest absolute Gasteiger partial charge is 0.224 e. The van der Waals surface area contributed by atoms with Crippen molar-refractivity contribution in [2.24, 2.45) is 5.73 Å². The van der Waals surface area contributed by atoms with Gasteiger partial charge in [-0.25, -0.2) is 14.3 Å². The van der Waals surface area contributed by atoms with Gasteiger partial charge in [-0.2, -0.15) is 15.5 Å². The number of ether oxygens (including phenoxy) is 1. The molecule has 8 heteroatoms. The lowest BCUT2D eigenvalue weighted by Crippen LogP contribution is -2.24. The normalized spacial score (nSPS) is 18.7. The molecule has 2 N–H and O–H groups in total. The van der Waals surface area contributed by atoms with Gasteiger partial charge in [-0.3, -0.25) is 0 Å². The van der Waals surface area contributed by atoms with Gasteiger partial charge >= 0.3 is 0 Å². The monoisotopic (exact) mass is 401 g/mol. The molecule has 0 saturated heterocycles. The number of nitriles is 1. The molecule has 0 amide bonds. The Morgan fingerprint density at radius 2 is 1.93 bits per heavy atom. The molecule has 8 nitrogen and oxygen atoms in total. The predicted octanol–water partition coefficient (Wildman–Crippen LogP) is 3.31. The maximum absolute atomic E-state index is 9.93. The minimum absolute atomic E-state index is 0.151. The van der Waals surface area contributed by atoms with Crippen molar-refractivity contribution in [1.82, 2.24) is 24.5 Å². The van der Waals surface area contributed by atoms with Gasteiger partial charge in [0.05, 0.1) is 28.9 Å². The van der Waals surface area contributed by atoms with Crippen LogP contribution in [0.1, 0.15) is 62.4 Å². The SMILES string of the molecule is CC(C)(C)c1nn(C2CC2)c2c1C(c1ccc(-n3cncn3)cc1)C(C#N)=C(N)O2. The van der Waals surface area contributed by atoms with E-state index in [4.69, 9.17) is 15.6 Å². The number of aromatic nitrogens is 5. The summed E-state index contributed by atoms with van der Waals surface area (Å²) < 4.78 is 9.65. The fourth-order valence-corrected chi connectivity index (χ4v) is 3.97. The van der Waals surface area contributed by atoms with E-state index in [2.05, 4.69) is 36.9 Å². The first kappa shape index (κ1) is 18.4. The van der Waals surface area contributed by atoms with Gasteiger partial charge in [-0.15, -0.1) is 0 Å². The van der Waals surface area contributed by atoms with Crippen molar-refractivity contribution in [3.8, 4) is 17.6 Å². The Kier molecular flexibility index (Phi) is 3.97.